The van der Waals surface area contributed by atoms with Gasteiger partial charge in [0, 0.05) is 34.0 Å². The van der Waals surface area contributed by atoms with Crippen LogP contribution in [0.1, 0.15) is 63.9 Å². The molecule has 0 spiro atoms. The highest BCUT2D eigenvalue weighted by atomic mass is 35.5. The molecule has 1 aliphatic rings. The summed E-state index contributed by atoms with van der Waals surface area (Å²) in [6.07, 6.45) is 3.81. The Morgan fingerprint density at radius 3 is 2.40 bits per heavy atom. The second kappa shape index (κ2) is 9.98. The summed E-state index contributed by atoms with van der Waals surface area (Å²) >= 11 is 6.48. The zero-order valence-corrected chi connectivity index (χ0v) is 21.7. The zero-order valence-electron chi connectivity index (χ0n) is 21.0. The molecule has 6 heteroatoms. The quantitative estimate of drug-likeness (QED) is 0.383. The molecule has 0 saturated heterocycles. The molecule has 184 valence electrons. The Balaban J connectivity index is 1.52. The van der Waals surface area contributed by atoms with Crippen molar-refractivity contribution in [1.82, 2.24) is 15.6 Å². The zero-order chi connectivity index (χ0) is 25.2. The van der Waals surface area contributed by atoms with Gasteiger partial charge in [-0.2, -0.15) is 0 Å². The van der Waals surface area contributed by atoms with E-state index in [0.29, 0.717) is 29.4 Å². The van der Waals surface area contributed by atoms with Gasteiger partial charge in [-0.1, -0.05) is 74.3 Å². The minimum atomic E-state index is -0.500. The van der Waals surface area contributed by atoms with Gasteiger partial charge in [0.2, 0.25) is 5.91 Å². The molecule has 0 aliphatic heterocycles. The summed E-state index contributed by atoms with van der Waals surface area (Å²) in [5, 5.41) is 8.74. The number of hydrogen-bond acceptors (Lipinski definition) is 3. The molecule has 0 radical (unpaired) electrons. The maximum atomic E-state index is 13.4. The van der Waals surface area contributed by atoms with Gasteiger partial charge in [-0.15, -0.1) is 0 Å². The largest absolute Gasteiger partial charge is 0.355 e. The Morgan fingerprint density at radius 1 is 1.03 bits per heavy atom. The lowest BCUT2D eigenvalue weighted by Gasteiger charge is -2.36. The minimum absolute atomic E-state index is 0.152. The van der Waals surface area contributed by atoms with E-state index >= 15 is 0 Å². The number of carbonyl (C=O) groups excluding carboxylic acids is 2. The van der Waals surface area contributed by atoms with Crippen molar-refractivity contribution in [1.29, 1.82) is 0 Å². The lowest BCUT2D eigenvalue weighted by atomic mass is 9.79. The lowest BCUT2D eigenvalue weighted by Crippen LogP contribution is -2.49. The first-order valence-electron chi connectivity index (χ1n) is 12.3. The Labute approximate surface area is 212 Å². The van der Waals surface area contributed by atoms with Crippen molar-refractivity contribution >= 4 is 34.2 Å². The van der Waals surface area contributed by atoms with Crippen LogP contribution in [-0.4, -0.2) is 28.9 Å². The summed E-state index contributed by atoms with van der Waals surface area (Å²) in [4.78, 5) is 30.4. The highest BCUT2D eigenvalue weighted by Gasteiger charge is 2.32. The van der Waals surface area contributed by atoms with E-state index < -0.39 is 5.54 Å². The number of hydrogen-bond donors (Lipinski definition) is 2. The normalized spacial score (nSPS) is 14.4. The van der Waals surface area contributed by atoms with Gasteiger partial charge in [0.25, 0.3) is 5.91 Å². The third-order valence-electron chi connectivity index (χ3n) is 6.69. The van der Waals surface area contributed by atoms with E-state index in [1.165, 1.54) is 0 Å². The number of nitrogens with zero attached hydrogens (tertiary/aromatic N) is 1. The highest BCUT2D eigenvalue weighted by molar-refractivity contribution is 6.33. The van der Waals surface area contributed by atoms with Crippen molar-refractivity contribution in [2.24, 2.45) is 11.3 Å². The van der Waals surface area contributed by atoms with E-state index in [1.54, 1.807) is 0 Å². The molecule has 5 nitrogen and oxygen atoms in total. The van der Waals surface area contributed by atoms with Crippen molar-refractivity contribution < 1.29 is 9.59 Å². The summed E-state index contributed by atoms with van der Waals surface area (Å²) in [5.41, 5.74) is 1.15. The van der Waals surface area contributed by atoms with Crippen LogP contribution in [0.3, 0.4) is 0 Å². The monoisotopic (exact) mass is 491 g/mol. The molecule has 0 unspecified atom stereocenters. The van der Waals surface area contributed by atoms with Gasteiger partial charge in [0.1, 0.15) is 5.69 Å². The van der Waals surface area contributed by atoms with E-state index in [0.717, 1.165) is 35.6 Å². The predicted octanol–water partition coefficient (Wildman–Crippen LogP) is 6.40. The molecule has 35 heavy (non-hydrogen) atoms. The van der Waals surface area contributed by atoms with E-state index in [4.69, 9.17) is 16.6 Å². The maximum absolute atomic E-state index is 13.4. The first-order chi connectivity index (χ1) is 16.5. The molecule has 2 N–H and O–H groups in total. The molecular weight excluding hydrogens is 458 g/mol. The molecule has 2 aromatic carbocycles. The number of pyridine rings is 1. The third kappa shape index (κ3) is 6.02. The molecule has 1 heterocycles. The Bertz CT molecular complexity index is 1250. The molecule has 3 aromatic rings. The fraction of sp³-hybridized carbons (Fsp3) is 0.414. The van der Waals surface area contributed by atoms with Crippen LogP contribution in [-0.2, 0) is 4.79 Å². The van der Waals surface area contributed by atoms with Crippen LogP contribution in [0.5, 0.6) is 0 Å². The predicted molar refractivity (Wildman–Crippen MR) is 142 cm³/mol. The number of amides is 2. The summed E-state index contributed by atoms with van der Waals surface area (Å²) in [6, 6.07) is 17.2. The van der Waals surface area contributed by atoms with Crippen LogP contribution < -0.4 is 10.6 Å². The number of halogens is 1. The van der Waals surface area contributed by atoms with Crippen molar-refractivity contribution in [2.45, 2.75) is 58.9 Å². The van der Waals surface area contributed by atoms with Gasteiger partial charge in [-0.05, 0) is 56.0 Å². The second-order valence-corrected chi connectivity index (χ2v) is 11.5. The maximum Gasteiger partial charge on any atom is 0.270 e. The second-order valence-electron chi connectivity index (χ2n) is 11.1. The number of benzene rings is 2. The molecule has 2 amide bonds. The summed E-state index contributed by atoms with van der Waals surface area (Å²) in [7, 11) is 0. The van der Waals surface area contributed by atoms with Crippen LogP contribution in [0.4, 0.5) is 0 Å². The first kappa shape index (κ1) is 25.2. The van der Waals surface area contributed by atoms with Gasteiger partial charge in [0.05, 0.1) is 5.69 Å². The molecule has 1 fully saturated rings. The van der Waals surface area contributed by atoms with Crippen LogP contribution in [0.25, 0.3) is 22.0 Å². The highest BCUT2D eigenvalue weighted by Crippen LogP contribution is 2.33. The van der Waals surface area contributed by atoms with Crippen molar-refractivity contribution in [3.63, 3.8) is 0 Å². The van der Waals surface area contributed by atoms with Crippen molar-refractivity contribution in [3.05, 3.63) is 65.3 Å². The van der Waals surface area contributed by atoms with Crippen LogP contribution >= 0.6 is 11.6 Å². The van der Waals surface area contributed by atoms with Crippen LogP contribution in [0.2, 0.25) is 5.02 Å². The Morgan fingerprint density at radius 2 is 1.71 bits per heavy atom. The average molecular weight is 492 g/mol. The van der Waals surface area contributed by atoms with Crippen molar-refractivity contribution in [3.8, 4) is 11.3 Å². The van der Waals surface area contributed by atoms with Crippen LogP contribution in [0.15, 0.2) is 54.6 Å². The van der Waals surface area contributed by atoms with E-state index in [2.05, 4.69) is 24.5 Å². The molecule has 1 saturated carbocycles. The smallest absolute Gasteiger partial charge is 0.270 e. The first-order valence-corrected chi connectivity index (χ1v) is 12.7. The van der Waals surface area contributed by atoms with Crippen LogP contribution in [0, 0.1) is 11.3 Å². The molecule has 0 bridgehead atoms. The van der Waals surface area contributed by atoms with E-state index in [1.807, 2.05) is 68.4 Å². The molecule has 1 aliphatic carbocycles. The Kier molecular flexibility index (Phi) is 7.18. The molecule has 0 atom stereocenters. The van der Waals surface area contributed by atoms with Gasteiger partial charge in [-0.25, -0.2) is 4.98 Å². The summed E-state index contributed by atoms with van der Waals surface area (Å²) < 4.78 is 0. The lowest BCUT2D eigenvalue weighted by molar-refractivity contribution is -0.127. The summed E-state index contributed by atoms with van der Waals surface area (Å²) in [5.74, 6) is 0.0896. The molecule has 1 aromatic heterocycles. The number of aromatic nitrogens is 1. The number of rotatable bonds is 8. The van der Waals surface area contributed by atoms with Gasteiger partial charge in [-0.3, -0.25) is 9.59 Å². The Hall–Kier alpha value is -2.92. The van der Waals surface area contributed by atoms with Gasteiger partial charge >= 0.3 is 0 Å². The number of nitrogens with one attached hydrogen (secondary N) is 2. The minimum Gasteiger partial charge on any atom is -0.355 e. The van der Waals surface area contributed by atoms with Gasteiger partial charge in [0.15, 0.2) is 0 Å². The fourth-order valence-corrected chi connectivity index (χ4v) is 5.21. The summed E-state index contributed by atoms with van der Waals surface area (Å²) in [6.45, 7) is 8.83. The number of fused-ring (bicyclic) bond motifs is 1. The van der Waals surface area contributed by atoms with E-state index in [9.17, 15) is 9.59 Å². The SMILES string of the molecule is CC(C)(CNC(=O)C1CCC1)CC(C)(C)NC(=O)c1cc2ccccc2c(-c2ccccc2Cl)n1. The molecular formula is C29H34ClN3O2. The average Bonchev–Trinajstić information content (AvgIpc) is 2.75. The topological polar surface area (TPSA) is 71.1 Å². The standard InChI is InChI=1S/C29H34ClN3O2/c1-28(2,18-31-26(34)19-11-9-12-19)17-29(3,4)33-27(35)24-16-20-10-5-6-13-21(20)25(32-24)22-14-7-8-15-23(22)30/h5-8,10,13-16,19H,9,11-12,17-18H2,1-4H3,(H,31,34)(H,33,35). The molecule has 4 rings (SSSR count). The van der Waals surface area contributed by atoms with Crippen molar-refractivity contribution in [2.75, 3.05) is 6.54 Å². The third-order valence-corrected chi connectivity index (χ3v) is 7.02. The van der Waals surface area contributed by atoms with Gasteiger partial charge < -0.3 is 10.6 Å². The fourth-order valence-electron chi connectivity index (χ4n) is 4.99. The number of carbonyl (C=O) groups is 2. The van der Waals surface area contributed by atoms with E-state index in [-0.39, 0.29) is 23.1 Å².